The van der Waals surface area contributed by atoms with Gasteiger partial charge < -0.3 is 5.32 Å². The van der Waals surface area contributed by atoms with Crippen LogP contribution in [0.5, 0.6) is 0 Å². The zero-order valence-electron chi connectivity index (χ0n) is 8.20. The van der Waals surface area contributed by atoms with Crippen molar-refractivity contribution in [3.8, 4) is 0 Å². The minimum atomic E-state index is 0.160. The molecule has 0 aliphatic carbocycles. The molecule has 1 unspecified atom stereocenters. The first-order valence-corrected chi connectivity index (χ1v) is 6.83. The van der Waals surface area contributed by atoms with E-state index in [1.165, 1.54) is 5.56 Å². The predicted octanol–water partition coefficient (Wildman–Crippen LogP) is 2.74. The van der Waals surface area contributed by atoms with E-state index in [1.54, 1.807) is 0 Å². The van der Waals surface area contributed by atoms with Crippen LogP contribution in [0.1, 0.15) is 18.0 Å². The fourth-order valence-electron chi connectivity index (χ4n) is 1.55. The largest absolute Gasteiger partial charge is 0.348 e. The molecule has 1 heterocycles. The maximum Gasteiger partial charge on any atom is 0.221 e. The molecule has 1 atom stereocenters. The van der Waals surface area contributed by atoms with Crippen molar-refractivity contribution in [2.24, 2.45) is 0 Å². The number of benzene rings is 1. The average Bonchev–Trinajstić information content (AvgIpc) is 2.44. The molecule has 0 bridgehead atoms. The zero-order chi connectivity index (χ0) is 10.7. The van der Waals surface area contributed by atoms with Crippen LogP contribution in [-0.2, 0) is 4.79 Å². The van der Waals surface area contributed by atoms with Crippen LogP contribution in [0.3, 0.4) is 0 Å². The van der Waals surface area contributed by atoms with Crippen LogP contribution in [0.25, 0.3) is 0 Å². The van der Waals surface area contributed by atoms with Gasteiger partial charge in [-0.3, -0.25) is 4.79 Å². The van der Waals surface area contributed by atoms with Crippen molar-refractivity contribution >= 4 is 33.6 Å². The summed E-state index contributed by atoms with van der Waals surface area (Å²) in [4.78, 5) is 11.4. The second kappa shape index (κ2) is 5.03. The fraction of sp³-hybridized carbons (Fsp3) is 0.364. The molecular formula is C11H12BrNOS. The van der Waals surface area contributed by atoms with Gasteiger partial charge in [0.2, 0.25) is 5.91 Å². The lowest BCUT2D eigenvalue weighted by Gasteiger charge is -2.15. The van der Waals surface area contributed by atoms with Gasteiger partial charge in [0.15, 0.2) is 0 Å². The zero-order valence-corrected chi connectivity index (χ0v) is 10.6. The van der Waals surface area contributed by atoms with Crippen LogP contribution in [0.2, 0.25) is 0 Å². The van der Waals surface area contributed by atoms with Gasteiger partial charge in [0, 0.05) is 22.4 Å². The van der Waals surface area contributed by atoms with Gasteiger partial charge in [0.05, 0.1) is 6.04 Å². The Morgan fingerprint density at radius 3 is 2.80 bits per heavy atom. The molecule has 0 aromatic heterocycles. The third-order valence-corrected chi connectivity index (χ3v) is 3.96. The molecule has 1 saturated heterocycles. The summed E-state index contributed by atoms with van der Waals surface area (Å²) in [6.07, 6.45) is 0.637. The second-order valence-electron chi connectivity index (χ2n) is 3.50. The standard InChI is InChI=1S/C11H12BrNOS/c12-9-3-1-8(2-4-9)10-7-15-6-5-11(14)13-10/h1-4,10H,5-7H2,(H,13,14). The number of nitrogens with one attached hydrogen (secondary N) is 1. The molecule has 15 heavy (non-hydrogen) atoms. The Hall–Kier alpha value is -0.480. The van der Waals surface area contributed by atoms with E-state index >= 15 is 0 Å². The third-order valence-electron chi connectivity index (χ3n) is 2.37. The molecule has 4 heteroatoms. The number of thioether (sulfide) groups is 1. The second-order valence-corrected chi connectivity index (χ2v) is 5.56. The first-order valence-electron chi connectivity index (χ1n) is 4.88. The highest BCUT2D eigenvalue weighted by molar-refractivity contribution is 9.10. The molecule has 1 aromatic carbocycles. The van der Waals surface area contributed by atoms with E-state index in [-0.39, 0.29) is 11.9 Å². The lowest BCUT2D eigenvalue weighted by molar-refractivity contribution is -0.121. The number of carbonyl (C=O) groups is 1. The molecule has 2 nitrogen and oxygen atoms in total. The number of hydrogen-bond acceptors (Lipinski definition) is 2. The minimum absolute atomic E-state index is 0.160. The summed E-state index contributed by atoms with van der Waals surface area (Å²) in [7, 11) is 0. The summed E-state index contributed by atoms with van der Waals surface area (Å²) >= 11 is 5.24. The Morgan fingerprint density at radius 1 is 1.33 bits per heavy atom. The van der Waals surface area contributed by atoms with Crippen LogP contribution in [0.4, 0.5) is 0 Å². The molecular weight excluding hydrogens is 274 g/mol. The highest BCUT2D eigenvalue weighted by atomic mass is 79.9. The van der Waals surface area contributed by atoms with E-state index < -0.39 is 0 Å². The van der Waals surface area contributed by atoms with E-state index in [4.69, 9.17) is 0 Å². The Labute approximate surface area is 102 Å². The lowest BCUT2D eigenvalue weighted by atomic mass is 10.1. The molecule has 2 rings (SSSR count). The van der Waals surface area contributed by atoms with Gasteiger partial charge >= 0.3 is 0 Å². The van der Waals surface area contributed by atoms with Crippen molar-refractivity contribution in [1.82, 2.24) is 5.32 Å². The van der Waals surface area contributed by atoms with Gasteiger partial charge in [-0.2, -0.15) is 11.8 Å². The van der Waals surface area contributed by atoms with Crippen molar-refractivity contribution in [3.05, 3.63) is 34.3 Å². The molecule has 1 aliphatic rings. The van der Waals surface area contributed by atoms with Crippen molar-refractivity contribution in [2.75, 3.05) is 11.5 Å². The molecule has 1 aromatic rings. The molecule has 0 radical (unpaired) electrons. The number of carbonyl (C=O) groups excluding carboxylic acids is 1. The molecule has 80 valence electrons. The highest BCUT2D eigenvalue weighted by Crippen LogP contribution is 2.23. The summed E-state index contributed by atoms with van der Waals surface area (Å²) in [5.41, 5.74) is 1.18. The van der Waals surface area contributed by atoms with Gasteiger partial charge in [-0.25, -0.2) is 0 Å². The molecule has 1 amide bonds. The smallest absolute Gasteiger partial charge is 0.221 e. The number of hydrogen-bond donors (Lipinski definition) is 1. The van der Waals surface area contributed by atoms with E-state index in [9.17, 15) is 4.79 Å². The Bertz CT molecular complexity index is 352. The first-order chi connectivity index (χ1) is 7.25. The van der Waals surface area contributed by atoms with E-state index in [1.807, 2.05) is 23.9 Å². The van der Waals surface area contributed by atoms with Crippen molar-refractivity contribution in [3.63, 3.8) is 0 Å². The number of amides is 1. The average molecular weight is 286 g/mol. The SMILES string of the molecule is O=C1CCSCC(c2ccc(Br)cc2)N1. The van der Waals surface area contributed by atoms with E-state index in [2.05, 4.69) is 33.4 Å². The van der Waals surface area contributed by atoms with Crippen molar-refractivity contribution in [2.45, 2.75) is 12.5 Å². The van der Waals surface area contributed by atoms with E-state index in [0.29, 0.717) is 6.42 Å². The summed E-state index contributed by atoms with van der Waals surface area (Å²) < 4.78 is 1.07. The Balaban J connectivity index is 2.14. The van der Waals surface area contributed by atoms with Gasteiger partial charge in [-0.05, 0) is 17.7 Å². The highest BCUT2D eigenvalue weighted by Gasteiger charge is 2.17. The summed E-state index contributed by atoms with van der Waals surface area (Å²) in [5.74, 6) is 2.06. The van der Waals surface area contributed by atoms with Crippen LogP contribution in [0, 0.1) is 0 Å². The first kappa shape index (κ1) is 11.0. The summed E-state index contributed by atoms with van der Waals surface area (Å²) in [6.45, 7) is 0. The maximum absolute atomic E-state index is 11.4. The summed E-state index contributed by atoms with van der Waals surface area (Å²) in [6, 6.07) is 8.30. The Morgan fingerprint density at radius 2 is 2.07 bits per heavy atom. The van der Waals surface area contributed by atoms with Gasteiger partial charge in [-0.1, -0.05) is 28.1 Å². The van der Waals surface area contributed by atoms with E-state index in [0.717, 1.165) is 16.0 Å². The quantitative estimate of drug-likeness (QED) is 0.860. The Kier molecular flexibility index (Phi) is 3.70. The van der Waals surface area contributed by atoms with Gasteiger partial charge in [-0.15, -0.1) is 0 Å². The van der Waals surface area contributed by atoms with Crippen molar-refractivity contribution < 1.29 is 4.79 Å². The predicted molar refractivity (Wildman–Crippen MR) is 67.0 cm³/mol. The van der Waals surface area contributed by atoms with Crippen LogP contribution in [-0.4, -0.2) is 17.4 Å². The molecule has 1 aliphatic heterocycles. The number of halogens is 1. The third kappa shape index (κ3) is 2.98. The van der Waals surface area contributed by atoms with Gasteiger partial charge in [0.25, 0.3) is 0 Å². The fourth-order valence-corrected chi connectivity index (χ4v) is 2.82. The van der Waals surface area contributed by atoms with Crippen LogP contribution >= 0.6 is 27.7 Å². The normalized spacial score (nSPS) is 21.9. The van der Waals surface area contributed by atoms with Crippen LogP contribution in [0.15, 0.2) is 28.7 Å². The van der Waals surface area contributed by atoms with Crippen molar-refractivity contribution in [1.29, 1.82) is 0 Å². The monoisotopic (exact) mass is 285 g/mol. The minimum Gasteiger partial charge on any atom is -0.348 e. The number of rotatable bonds is 1. The molecule has 1 N–H and O–H groups in total. The van der Waals surface area contributed by atoms with Gasteiger partial charge in [0.1, 0.15) is 0 Å². The molecule has 0 saturated carbocycles. The lowest BCUT2D eigenvalue weighted by Crippen LogP contribution is -2.27. The maximum atomic E-state index is 11.4. The topological polar surface area (TPSA) is 29.1 Å². The molecule has 0 spiro atoms. The summed E-state index contributed by atoms with van der Waals surface area (Å²) in [5, 5.41) is 3.04. The van der Waals surface area contributed by atoms with Crippen LogP contribution < -0.4 is 5.32 Å². The molecule has 1 fully saturated rings.